The van der Waals surface area contributed by atoms with Crippen LogP contribution in [0, 0.1) is 11.6 Å². The lowest BCUT2D eigenvalue weighted by Gasteiger charge is -2.11. The summed E-state index contributed by atoms with van der Waals surface area (Å²) in [4.78, 5) is 33.0. The number of aromatic nitrogens is 5. The number of pyridine rings is 1. The largest absolute Gasteiger partial charge is 0.364 e. The van der Waals surface area contributed by atoms with Crippen molar-refractivity contribution < 1.29 is 13.6 Å². The van der Waals surface area contributed by atoms with Crippen LogP contribution < -0.4 is 10.6 Å². The summed E-state index contributed by atoms with van der Waals surface area (Å²) in [6, 6.07) is 6.78. The fraction of sp³-hybridized carbons (Fsp3) is 0.0870. The number of aromatic amines is 1. The minimum absolute atomic E-state index is 0.0498. The number of hydrogen-bond acceptors (Lipinski definition) is 7. The summed E-state index contributed by atoms with van der Waals surface area (Å²) in [6.45, 7) is 0.407. The number of H-pyrrole nitrogens is 1. The highest BCUT2D eigenvalue weighted by atomic mass is 32.1. The summed E-state index contributed by atoms with van der Waals surface area (Å²) in [5, 5.41) is 9.49. The maximum absolute atomic E-state index is 13.4. The van der Waals surface area contributed by atoms with Crippen LogP contribution >= 0.6 is 11.3 Å². The van der Waals surface area contributed by atoms with Crippen molar-refractivity contribution in [1.29, 1.82) is 0 Å². The molecule has 170 valence electrons. The molecule has 1 aromatic carbocycles. The smallest absolute Gasteiger partial charge is 0.255 e. The molecule has 0 unspecified atom stereocenters. The van der Waals surface area contributed by atoms with Crippen LogP contribution in [0.4, 0.5) is 14.6 Å². The fourth-order valence-electron chi connectivity index (χ4n) is 3.38. The van der Waals surface area contributed by atoms with Gasteiger partial charge in [0.15, 0.2) is 11.6 Å². The minimum atomic E-state index is -0.960. The van der Waals surface area contributed by atoms with E-state index in [0.29, 0.717) is 23.5 Å². The number of amides is 1. The first-order valence-corrected chi connectivity index (χ1v) is 11.1. The van der Waals surface area contributed by atoms with E-state index in [0.717, 1.165) is 39.4 Å². The zero-order valence-electron chi connectivity index (χ0n) is 17.5. The molecule has 0 saturated heterocycles. The number of fused-ring (bicyclic) bond motifs is 1. The van der Waals surface area contributed by atoms with Crippen molar-refractivity contribution in [3.63, 3.8) is 0 Å². The summed E-state index contributed by atoms with van der Waals surface area (Å²) in [7, 11) is 0. The van der Waals surface area contributed by atoms with Gasteiger partial charge in [0.25, 0.3) is 5.91 Å². The lowest BCUT2D eigenvalue weighted by molar-refractivity contribution is 0.0951. The number of hydrogen-bond donors (Lipinski definition) is 3. The molecular formula is C23H17F2N7OS. The Balaban J connectivity index is 1.26. The highest BCUT2D eigenvalue weighted by molar-refractivity contribution is 7.13. The molecule has 8 nitrogen and oxygen atoms in total. The maximum Gasteiger partial charge on any atom is 0.255 e. The van der Waals surface area contributed by atoms with E-state index < -0.39 is 17.5 Å². The van der Waals surface area contributed by atoms with Crippen LogP contribution in [0.3, 0.4) is 0 Å². The van der Waals surface area contributed by atoms with Crippen molar-refractivity contribution in [2.45, 2.75) is 13.1 Å². The Morgan fingerprint density at radius 3 is 2.91 bits per heavy atom. The summed E-state index contributed by atoms with van der Waals surface area (Å²) in [5.41, 5.74) is 3.22. The van der Waals surface area contributed by atoms with Gasteiger partial charge in [0.1, 0.15) is 22.8 Å². The first-order chi connectivity index (χ1) is 16.6. The average molecular weight is 478 g/mol. The molecule has 0 aliphatic heterocycles. The molecule has 4 heterocycles. The molecule has 5 rings (SSSR count). The fourth-order valence-corrected chi connectivity index (χ4v) is 4.23. The zero-order chi connectivity index (χ0) is 23.5. The molecule has 34 heavy (non-hydrogen) atoms. The summed E-state index contributed by atoms with van der Waals surface area (Å²) >= 11 is 1.49. The van der Waals surface area contributed by atoms with E-state index in [9.17, 15) is 13.6 Å². The molecule has 3 N–H and O–H groups in total. The quantitative estimate of drug-likeness (QED) is 0.323. The van der Waals surface area contributed by atoms with Crippen LogP contribution in [0.25, 0.3) is 21.6 Å². The van der Waals surface area contributed by atoms with Gasteiger partial charge in [-0.25, -0.2) is 28.7 Å². The predicted octanol–water partition coefficient (Wildman–Crippen LogP) is 4.30. The van der Waals surface area contributed by atoms with Crippen molar-refractivity contribution in [2.24, 2.45) is 0 Å². The van der Waals surface area contributed by atoms with Gasteiger partial charge in [-0.2, -0.15) is 0 Å². The Bertz CT molecular complexity index is 1480. The first kappa shape index (κ1) is 21.6. The second-order valence-electron chi connectivity index (χ2n) is 7.32. The highest BCUT2D eigenvalue weighted by Crippen LogP contribution is 2.30. The topological polar surface area (TPSA) is 108 Å². The van der Waals surface area contributed by atoms with Gasteiger partial charge >= 0.3 is 0 Å². The second-order valence-corrected chi connectivity index (χ2v) is 8.17. The van der Waals surface area contributed by atoms with Gasteiger partial charge in [-0.15, -0.1) is 11.3 Å². The highest BCUT2D eigenvalue weighted by Gasteiger charge is 2.14. The Hall–Kier alpha value is -4.25. The molecule has 4 aromatic heterocycles. The number of benzene rings is 1. The third kappa shape index (κ3) is 4.46. The molecule has 5 aromatic rings. The molecule has 11 heteroatoms. The SMILES string of the molecule is O=C(NCc1ccc(F)c(F)c1)c1cccnc1NCc1csc(-c2c[nH]c3ncncc23)n1. The van der Waals surface area contributed by atoms with Crippen LogP contribution in [0.15, 0.2) is 60.6 Å². The molecule has 0 radical (unpaired) electrons. The standard InChI is InChI=1S/C23H17F2N7OS/c24-18-4-3-13(6-19(18)25)7-30-22(33)15-2-1-5-27-20(15)28-8-14-11-34-23(32-14)17-10-29-21-16(17)9-26-12-31-21/h1-6,9-12H,7-8H2,(H,27,28)(H,30,33)(H,26,29,31). The van der Waals surface area contributed by atoms with Gasteiger partial charge in [0.2, 0.25) is 0 Å². The van der Waals surface area contributed by atoms with E-state index in [4.69, 9.17) is 0 Å². The number of carbonyl (C=O) groups excluding carboxylic acids is 1. The monoisotopic (exact) mass is 477 g/mol. The Kier molecular flexibility index (Phi) is 5.91. The van der Waals surface area contributed by atoms with Crippen molar-refractivity contribution in [1.82, 2.24) is 30.2 Å². The Morgan fingerprint density at radius 2 is 2.03 bits per heavy atom. The van der Waals surface area contributed by atoms with E-state index in [1.165, 1.54) is 23.7 Å². The van der Waals surface area contributed by atoms with Crippen LogP contribution in [0.5, 0.6) is 0 Å². The summed E-state index contributed by atoms with van der Waals surface area (Å²) in [5.74, 6) is -1.89. The van der Waals surface area contributed by atoms with Gasteiger partial charge in [0.05, 0.1) is 17.8 Å². The Morgan fingerprint density at radius 1 is 1.12 bits per heavy atom. The first-order valence-electron chi connectivity index (χ1n) is 10.2. The number of thiazole rings is 1. The van der Waals surface area contributed by atoms with Gasteiger partial charge in [-0.05, 0) is 29.8 Å². The molecule has 0 fully saturated rings. The summed E-state index contributed by atoms with van der Waals surface area (Å²) < 4.78 is 26.5. The van der Waals surface area contributed by atoms with E-state index in [1.54, 1.807) is 24.5 Å². The number of nitrogens with zero attached hydrogens (tertiary/aromatic N) is 4. The van der Waals surface area contributed by atoms with E-state index in [2.05, 4.69) is 35.6 Å². The maximum atomic E-state index is 13.4. The molecule has 0 atom stereocenters. The van der Waals surface area contributed by atoms with E-state index in [1.807, 2.05) is 11.6 Å². The number of carbonyl (C=O) groups is 1. The summed E-state index contributed by atoms with van der Waals surface area (Å²) in [6.07, 6.45) is 6.65. The minimum Gasteiger partial charge on any atom is -0.364 e. The molecule has 1 amide bonds. The number of anilines is 1. The molecule has 0 saturated carbocycles. The third-order valence-corrected chi connectivity index (χ3v) is 5.99. The average Bonchev–Trinajstić information content (AvgIpc) is 3.50. The van der Waals surface area contributed by atoms with Crippen molar-refractivity contribution in [2.75, 3.05) is 5.32 Å². The normalized spacial score (nSPS) is 11.0. The van der Waals surface area contributed by atoms with Crippen LogP contribution in [-0.4, -0.2) is 30.8 Å². The third-order valence-electron chi connectivity index (χ3n) is 5.06. The lowest BCUT2D eigenvalue weighted by Crippen LogP contribution is -2.24. The van der Waals surface area contributed by atoms with Crippen LogP contribution in [0.1, 0.15) is 21.6 Å². The van der Waals surface area contributed by atoms with Crippen LogP contribution in [0.2, 0.25) is 0 Å². The van der Waals surface area contributed by atoms with Gasteiger partial charge in [-0.3, -0.25) is 4.79 Å². The lowest BCUT2D eigenvalue weighted by atomic mass is 10.2. The molecule has 0 aliphatic rings. The van der Waals surface area contributed by atoms with Gasteiger partial charge in [-0.1, -0.05) is 6.07 Å². The van der Waals surface area contributed by atoms with Crippen molar-refractivity contribution in [3.8, 4) is 10.6 Å². The molecule has 0 spiro atoms. The second kappa shape index (κ2) is 9.32. The number of nitrogens with one attached hydrogen (secondary N) is 3. The zero-order valence-corrected chi connectivity index (χ0v) is 18.4. The molecular weight excluding hydrogens is 460 g/mol. The number of rotatable bonds is 7. The van der Waals surface area contributed by atoms with Gasteiger partial charge < -0.3 is 15.6 Å². The van der Waals surface area contributed by atoms with E-state index in [-0.39, 0.29) is 6.54 Å². The predicted molar refractivity (Wildman–Crippen MR) is 124 cm³/mol. The van der Waals surface area contributed by atoms with Crippen molar-refractivity contribution in [3.05, 3.63) is 89.1 Å². The van der Waals surface area contributed by atoms with Gasteiger partial charge in [0, 0.05) is 41.5 Å². The van der Waals surface area contributed by atoms with Crippen molar-refractivity contribution >= 4 is 34.1 Å². The molecule has 0 bridgehead atoms. The molecule has 0 aliphatic carbocycles. The number of halogens is 2. The van der Waals surface area contributed by atoms with E-state index >= 15 is 0 Å². The van der Waals surface area contributed by atoms with Crippen LogP contribution in [-0.2, 0) is 13.1 Å². The Labute approximate surface area is 196 Å².